The highest BCUT2D eigenvalue weighted by Crippen LogP contribution is 2.29. The average Bonchev–Trinajstić information content (AvgIpc) is 2.89. The molecule has 1 aromatic heterocycles. The first-order valence-electron chi connectivity index (χ1n) is 6.71. The number of aromatic nitrogens is 1. The average molecular weight is 277 g/mol. The molecule has 3 rings (SSSR count). The van der Waals surface area contributed by atoms with Gasteiger partial charge in [0.25, 0.3) is 0 Å². The molecule has 0 unspecified atom stereocenters. The van der Waals surface area contributed by atoms with Crippen LogP contribution in [0.2, 0.25) is 0 Å². The van der Waals surface area contributed by atoms with E-state index in [1.807, 2.05) is 60.3 Å². The number of aromatic hydroxyl groups is 1. The largest absolute Gasteiger partial charge is 0.506 e. The number of nitrogens with zero attached hydrogens (tertiary/aromatic N) is 1. The smallest absolute Gasteiger partial charge is 0.189 e. The van der Waals surface area contributed by atoms with Crippen molar-refractivity contribution in [1.29, 1.82) is 0 Å². The number of fused-ring (bicyclic) bond motifs is 1. The molecular formula is C18H15NO2. The van der Waals surface area contributed by atoms with Crippen LogP contribution in [-0.2, 0) is 7.05 Å². The fourth-order valence-corrected chi connectivity index (χ4v) is 2.36. The van der Waals surface area contributed by atoms with Gasteiger partial charge in [0.2, 0.25) is 0 Å². The molecule has 0 atom stereocenters. The van der Waals surface area contributed by atoms with Gasteiger partial charge in [-0.15, -0.1) is 0 Å². The summed E-state index contributed by atoms with van der Waals surface area (Å²) in [6.45, 7) is 0. The van der Waals surface area contributed by atoms with E-state index in [1.54, 1.807) is 12.1 Å². The van der Waals surface area contributed by atoms with E-state index in [-0.39, 0.29) is 11.5 Å². The van der Waals surface area contributed by atoms with Crippen LogP contribution in [0.3, 0.4) is 0 Å². The predicted molar refractivity (Wildman–Crippen MR) is 84.4 cm³/mol. The Balaban J connectivity index is 1.95. The van der Waals surface area contributed by atoms with Crippen molar-refractivity contribution in [3.63, 3.8) is 0 Å². The summed E-state index contributed by atoms with van der Waals surface area (Å²) < 4.78 is 1.91. The molecule has 21 heavy (non-hydrogen) atoms. The SMILES string of the molecule is Cn1ccc2c(O)c(C(=O)/C=C/c3ccccc3)ccc21. The number of carbonyl (C=O) groups is 1. The van der Waals surface area contributed by atoms with E-state index in [0.717, 1.165) is 11.1 Å². The van der Waals surface area contributed by atoms with E-state index in [1.165, 1.54) is 6.08 Å². The lowest BCUT2D eigenvalue weighted by molar-refractivity contribution is 0.104. The summed E-state index contributed by atoms with van der Waals surface area (Å²) in [5.74, 6) is -0.169. The highest BCUT2D eigenvalue weighted by Gasteiger charge is 2.12. The van der Waals surface area contributed by atoms with Gasteiger partial charge in [-0.1, -0.05) is 36.4 Å². The minimum Gasteiger partial charge on any atom is -0.506 e. The van der Waals surface area contributed by atoms with Crippen molar-refractivity contribution < 1.29 is 9.90 Å². The van der Waals surface area contributed by atoms with E-state index in [2.05, 4.69) is 0 Å². The van der Waals surface area contributed by atoms with Gasteiger partial charge >= 0.3 is 0 Å². The summed E-state index contributed by atoms with van der Waals surface area (Å²) >= 11 is 0. The van der Waals surface area contributed by atoms with Crippen LogP contribution in [0.1, 0.15) is 15.9 Å². The topological polar surface area (TPSA) is 42.2 Å². The van der Waals surface area contributed by atoms with Crippen LogP contribution in [0.25, 0.3) is 17.0 Å². The van der Waals surface area contributed by atoms with Crippen LogP contribution in [-0.4, -0.2) is 15.5 Å². The number of allylic oxidation sites excluding steroid dienone is 1. The van der Waals surface area contributed by atoms with Gasteiger partial charge in [-0.3, -0.25) is 4.79 Å². The molecule has 1 heterocycles. The maximum absolute atomic E-state index is 12.2. The molecule has 0 radical (unpaired) electrons. The third kappa shape index (κ3) is 2.46. The van der Waals surface area contributed by atoms with E-state index < -0.39 is 0 Å². The van der Waals surface area contributed by atoms with Crippen molar-refractivity contribution in [2.24, 2.45) is 7.05 Å². The highest BCUT2D eigenvalue weighted by atomic mass is 16.3. The molecule has 0 fully saturated rings. The zero-order valence-corrected chi connectivity index (χ0v) is 11.7. The highest BCUT2D eigenvalue weighted by molar-refractivity contribution is 6.11. The van der Waals surface area contributed by atoms with Gasteiger partial charge in [0.15, 0.2) is 5.78 Å². The molecule has 3 heteroatoms. The first kappa shape index (κ1) is 13.2. The minimum absolute atomic E-state index is 0.0378. The summed E-state index contributed by atoms with van der Waals surface area (Å²) in [6.07, 6.45) is 5.09. The number of phenols is 1. The van der Waals surface area contributed by atoms with Crippen molar-refractivity contribution >= 4 is 22.8 Å². The third-order valence-corrected chi connectivity index (χ3v) is 3.53. The summed E-state index contributed by atoms with van der Waals surface area (Å²) in [5.41, 5.74) is 2.17. The van der Waals surface area contributed by atoms with Gasteiger partial charge in [-0.25, -0.2) is 0 Å². The summed E-state index contributed by atoms with van der Waals surface area (Å²) in [4.78, 5) is 12.2. The monoisotopic (exact) mass is 277 g/mol. The molecule has 3 nitrogen and oxygen atoms in total. The maximum Gasteiger partial charge on any atom is 0.189 e. The Hall–Kier alpha value is -2.81. The van der Waals surface area contributed by atoms with E-state index >= 15 is 0 Å². The molecule has 1 N–H and O–H groups in total. The van der Waals surface area contributed by atoms with Crippen molar-refractivity contribution in [3.8, 4) is 5.75 Å². The molecule has 0 aliphatic carbocycles. The number of ketones is 1. The molecular weight excluding hydrogens is 262 g/mol. The quantitative estimate of drug-likeness (QED) is 0.584. The Morgan fingerprint density at radius 2 is 1.86 bits per heavy atom. The molecule has 2 aromatic carbocycles. The zero-order chi connectivity index (χ0) is 14.8. The van der Waals surface area contributed by atoms with E-state index in [0.29, 0.717) is 10.9 Å². The molecule has 0 spiro atoms. The van der Waals surface area contributed by atoms with Gasteiger partial charge in [-0.05, 0) is 29.8 Å². The van der Waals surface area contributed by atoms with Crippen molar-refractivity contribution in [3.05, 3.63) is 71.9 Å². The second kappa shape index (κ2) is 5.29. The first-order valence-corrected chi connectivity index (χ1v) is 6.71. The maximum atomic E-state index is 12.2. The third-order valence-electron chi connectivity index (χ3n) is 3.53. The molecule has 3 aromatic rings. The van der Waals surface area contributed by atoms with Gasteiger partial charge in [-0.2, -0.15) is 0 Å². The van der Waals surface area contributed by atoms with Crippen LogP contribution >= 0.6 is 0 Å². The Morgan fingerprint density at radius 1 is 1.10 bits per heavy atom. The molecule has 0 amide bonds. The minimum atomic E-state index is -0.206. The Bertz CT molecular complexity index is 829. The Labute approximate surface area is 122 Å². The predicted octanol–water partition coefficient (Wildman–Crippen LogP) is 3.78. The van der Waals surface area contributed by atoms with Crippen LogP contribution < -0.4 is 0 Å². The fourth-order valence-electron chi connectivity index (χ4n) is 2.36. The van der Waals surface area contributed by atoms with Crippen LogP contribution in [0.15, 0.2) is 60.8 Å². The van der Waals surface area contributed by atoms with Gasteiger partial charge in [0.05, 0.1) is 11.1 Å². The van der Waals surface area contributed by atoms with Crippen molar-refractivity contribution in [1.82, 2.24) is 4.57 Å². The molecule has 104 valence electrons. The molecule has 0 saturated carbocycles. The number of rotatable bonds is 3. The van der Waals surface area contributed by atoms with Gasteiger partial charge < -0.3 is 9.67 Å². The molecule has 0 bridgehead atoms. The van der Waals surface area contributed by atoms with Gasteiger partial charge in [0, 0.05) is 18.6 Å². The lowest BCUT2D eigenvalue weighted by Crippen LogP contribution is -1.95. The van der Waals surface area contributed by atoms with Gasteiger partial charge in [0.1, 0.15) is 5.75 Å². The van der Waals surface area contributed by atoms with Crippen LogP contribution in [0.5, 0.6) is 5.75 Å². The second-order valence-corrected chi connectivity index (χ2v) is 4.93. The number of benzene rings is 2. The normalized spacial score (nSPS) is 11.3. The van der Waals surface area contributed by atoms with Crippen LogP contribution in [0.4, 0.5) is 0 Å². The summed E-state index contributed by atoms with van der Waals surface area (Å²) in [5, 5.41) is 11.0. The zero-order valence-electron chi connectivity index (χ0n) is 11.7. The number of phenolic OH excluding ortho intramolecular Hbond substituents is 1. The Kier molecular flexibility index (Phi) is 3.32. The number of hydrogen-bond donors (Lipinski definition) is 1. The standard InChI is InChI=1S/C18H15NO2/c1-19-12-11-14-16(19)9-8-15(18(14)21)17(20)10-7-13-5-3-2-4-6-13/h2-12,21H,1H3/b10-7+. The number of aryl methyl sites for hydroxylation is 1. The number of hydrogen-bond acceptors (Lipinski definition) is 2. The van der Waals surface area contributed by atoms with Crippen molar-refractivity contribution in [2.75, 3.05) is 0 Å². The summed E-state index contributed by atoms with van der Waals surface area (Å²) in [7, 11) is 1.90. The molecule has 0 saturated heterocycles. The lowest BCUT2D eigenvalue weighted by atomic mass is 10.1. The first-order chi connectivity index (χ1) is 10.2. The van der Waals surface area contributed by atoms with E-state index in [4.69, 9.17) is 0 Å². The van der Waals surface area contributed by atoms with Crippen molar-refractivity contribution in [2.45, 2.75) is 0 Å². The number of carbonyl (C=O) groups excluding carboxylic acids is 1. The second-order valence-electron chi connectivity index (χ2n) is 4.93. The van der Waals surface area contributed by atoms with E-state index in [9.17, 15) is 9.90 Å². The lowest BCUT2D eigenvalue weighted by Gasteiger charge is -2.03. The molecule has 0 aliphatic heterocycles. The van der Waals surface area contributed by atoms with Crippen LogP contribution in [0, 0.1) is 0 Å². The fraction of sp³-hybridized carbons (Fsp3) is 0.0556. The summed E-state index contributed by atoms with van der Waals surface area (Å²) in [6, 6.07) is 14.9. The Morgan fingerprint density at radius 3 is 2.62 bits per heavy atom. The molecule has 0 aliphatic rings.